The van der Waals surface area contributed by atoms with E-state index >= 15 is 0 Å². The Morgan fingerprint density at radius 2 is 2.06 bits per heavy atom. The fraction of sp³-hybridized carbons (Fsp3) is 0.600. The lowest BCUT2D eigenvalue weighted by molar-refractivity contribution is 0.350. The average Bonchev–Trinajstić information content (AvgIpc) is 3.06. The van der Waals surface area contributed by atoms with Crippen molar-refractivity contribution < 1.29 is 8.78 Å². The summed E-state index contributed by atoms with van der Waals surface area (Å²) < 4.78 is 26.6. The van der Waals surface area contributed by atoms with E-state index in [1.165, 1.54) is 18.9 Å². The molecule has 1 unspecified atom stereocenters. The molecule has 0 radical (unpaired) electrons. The van der Waals surface area contributed by atoms with Gasteiger partial charge in [-0.15, -0.1) is 0 Å². The van der Waals surface area contributed by atoms with Crippen LogP contribution in [0.1, 0.15) is 38.7 Å². The minimum Gasteiger partial charge on any atom is -0.313 e. The number of hydrogen-bond acceptors (Lipinski definition) is 1. The van der Waals surface area contributed by atoms with Crippen LogP contribution in [-0.2, 0) is 6.42 Å². The van der Waals surface area contributed by atoms with Gasteiger partial charge in [0.05, 0.1) is 0 Å². The molecule has 0 bridgehead atoms. The standard InChI is InChI=1S/C15H21F2N/c1-3-8-18-14(15(2)6-7-15)9-11-4-5-12(16)10-13(11)17/h4-5,10,14,18H,3,6-9H2,1-2H3. The lowest BCUT2D eigenvalue weighted by Crippen LogP contribution is -2.38. The van der Waals surface area contributed by atoms with Crippen LogP contribution < -0.4 is 5.32 Å². The van der Waals surface area contributed by atoms with Crippen molar-refractivity contribution in [3.63, 3.8) is 0 Å². The number of nitrogens with one attached hydrogen (secondary N) is 1. The van der Waals surface area contributed by atoms with Crippen LogP contribution in [-0.4, -0.2) is 12.6 Å². The van der Waals surface area contributed by atoms with Crippen molar-refractivity contribution in [2.45, 2.75) is 45.6 Å². The van der Waals surface area contributed by atoms with Crippen LogP contribution in [0.4, 0.5) is 8.78 Å². The molecule has 0 heterocycles. The topological polar surface area (TPSA) is 12.0 Å². The molecule has 0 aromatic heterocycles. The lowest BCUT2D eigenvalue weighted by atomic mass is 9.92. The van der Waals surface area contributed by atoms with E-state index in [0.29, 0.717) is 12.0 Å². The molecule has 1 saturated carbocycles. The summed E-state index contributed by atoms with van der Waals surface area (Å²) in [5.41, 5.74) is 0.897. The predicted octanol–water partition coefficient (Wildman–Crippen LogP) is 3.68. The molecular weight excluding hydrogens is 232 g/mol. The molecule has 1 nitrogen and oxygen atoms in total. The number of rotatable bonds is 6. The highest BCUT2D eigenvalue weighted by Crippen LogP contribution is 2.49. The zero-order valence-electron chi connectivity index (χ0n) is 11.1. The summed E-state index contributed by atoms with van der Waals surface area (Å²) in [6.07, 6.45) is 4.09. The van der Waals surface area contributed by atoms with Gasteiger partial charge < -0.3 is 5.32 Å². The van der Waals surface area contributed by atoms with E-state index in [9.17, 15) is 8.78 Å². The van der Waals surface area contributed by atoms with Crippen molar-refractivity contribution in [3.05, 3.63) is 35.4 Å². The van der Waals surface area contributed by atoms with Crippen LogP contribution in [0.2, 0.25) is 0 Å². The molecular formula is C15H21F2N. The van der Waals surface area contributed by atoms with Crippen molar-refractivity contribution in [2.75, 3.05) is 6.54 Å². The Balaban J connectivity index is 2.08. The third kappa shape index (κ3) is 3.08. The predicted molar refractivity (Wildman–Crippen MR) is 69.5 cm³/mol. The SMILES string of the molecule is CCCNC(Cc1ccc(F)cc1F)C1(C)CC1. The van der Waals surface area contributed by atoms with Crippen molar-refractivity contribution >= 4 is 0 Å². The van der Waals surface area contributed by atoms with Gasteiger partial charge in [-0.2, -0.15) is 0 Å². The maximum Gasteiger partial charge on any atom is 0.129 e. The third-order valence-corrected chi connectivity index (χ3v) is 3.96. The summed E-state index contributed by atoms with van der Waals surface area (Å²) in [7, 11) is 0. The molecule has 100 valence electrons. The summed E-state index contributed by atoms with van der Waals surface area (Å²) in [5, 5.41) is 3.50. The minimum absolute atomic E-state index is 0.288. The summed E-state index contributed by atoms with van der Waals surface area (Å²) >= 11 is 0. The van der Waals surface area contributed by atoms with E-state index in [1.54, 1.807) is 6.07 Å². The molecule has 0 saturated heterocycles. The first-order valence-corrected chi connectivity index (χ1v) is 6.72. The molecule has 0 aliphatic heterocycles. The molecule has 1 aliphatic rings. The maximum atomic E-state index is 13.7. The second kappa shape index (κ2) is 5.35. The van der Waals surface area contributed by atoms with Crippen LogP contribution in [0.5, 0.6) is 0 Å². The molecule has 3 heteroatoms. The van der Waals surface area contributed by atoms with Crippen LogP contribution in [0.25, 0.3) is 0 Å². The van der Waals surface area contributed by atoms with Crippen molar-refractivity contribution in [1.29, 1.82) is 0 Å². The second-order valence-electron chi connectivity index (χ2n) is 5.60. The number of halogens is 2. The minimum atomic E-state index is -0.507. The van der Waals surface area contributed by atoms with E-state index in [0.717, 1.165) is 19.0 Å². The molecule has 18 heavy (non-hydrogen) atoms. The highest BCUT2D eigenvalue weighted by atomic mass is 19.1. The van der Waals surface area contributed by atoms with Crippen LogP contribution in [0.3, 0.4) is 0 Å². The van der Waals surface area contributed by atoms with Gasteiger partial charge in [-0.05, 0) is 49.3 Å². The largest absolute Gasteiger partial charge is 0.313 e. The van der Waals surface area contributed by atoms with Gasteiger partial charge in [0, 0.05) is 12.1 Å². The molecule has 1 N–H and O–H groups in total. The number of benzene rings is 1. The molecule has 1 aromatic rings. The third-order valence-electron chi connectivity index (χ3n) is 3.96. The molecule has 0 spiro atoms. The Bertz CT molecular complexity index is 413. The van der Waals surface area contributed by atoms with Gasteiger partial charge in [-0.25, -0.2) is 8.78 Å². The first-order chi connectivity index (χ1) is 8.55. The normalized spacial score (nSPS) is 18.7. The van der Waals surface area contributed by atoms with Gasteiger partial charge in [-0.1, -0.05) is 19.9 Å². The molecule has 0 amide bonds. The quantitative estimate of drug-likeness (QED) is 0.815. The zero-order chi connectivity index (χ0) is 13.2. The zero-order valence-corrected chi connectivity index (χ0v) is 11.1. The van der Waals surface area contributed by atoms with E-state index < -0.39 is 11.6 Å². The van der Waals surface area contributed by atoms with Crippen LogP contribution in [0, 0.1) is 17.0 Å². The Morgan fingerprint density at radius 3 is 2.61 bits per heavy atom. The summed E-state index contributed by atoms with van der Waals surface area (Å²) in [5.74, 6) is -0.936. The first kappa shape index (κ1) is 13.5. The number of hydrogen-bond donors (Lipinski definition) is 1. The maximum absolute atomic E-state index is 13.7. The Hall–Kier alpha value is -0.960. The summed E-state index contributed by atoms with van der Waals surface area (Å²) in [4.78, 5) is 0. The molecule has 1 aliphatic carbocycles. The van der Waals surface area contributed by atoms with E-state index in [1.807, 2.05) is 0 Å². The van der Waals surface area contributed by atoms with E-state index in [2.05, 4.69) is 19.2 Å². The van der Waals surface area contributed by atoms with Crippen LogP contribution in [0.15, 0.2) is 18.2 Å². The fourth-order valence-electron chi connectivity index (χ4n) is 2.34. The Morgan fingerprint density at radius 1 is 1.33 bits per heavy atom. The Labute approximate surface area is 108 Å². The van der Waals surface area contributed by atoms with Gasteiger partial charge in [0.25, 0.3) is 0 Å². The van der Waals surface area contributed by atoms with Gasteiger partial charge >= 0.3 is 0 Å². The van der Waals surface area contributed by atoms with Gasteiger partial charge in [0.15, 0.2) is 0 Å². The highest BCUT2D eigenvalue weighted by molar-refractivity contribution is 5.21. The average molecular weight is 253 g/mol. The van der Waals surface area contributed by atoms with E-state index in [4.69, 9.17) is 0 Å². The molecule has 2 rings (SSSR count). The van der Waals surface area contributed by atoms with Crippen molar-refractivity contribution in [2.24, 2.45) is 5.41 Å². The molecule has 1 atom stereocenters. The molecule has 1 fully saturated rings. The van der Waals surface area contributed by atoms with Crippen LogP contribution >= 0.6 is 0 Å². The lowest BCUT2D eigenvalue weighted by Gasteiger charge is -2.25. The summed E-state index contributed by atoms with van der Waals surface area (Å²) in [6, 6.07) is 4.17. The van der Waals surface area contributed by atoms with Crippen molar-refractivity contribution in [3.8, 4) is 0 Å². The Kier molecular flexibility index (Phi) is 4.00. The monoisotopic (exact) mass is 253 g/mol. The van der Waals surface area contributed by atoms with Crippen molar-refractivity contribution in [1.82, 2.24) is 5.32 Å². The first-order valence-electron chi connectivity index (χ1n) is 6.72. The van der Waals surface area contributed by atoms with E-state index in [-0.39, 0.29) is 11.5 Å². The molecule has 1 aromatic carbocycles. The highest BCUT2D eigenvalue weighted by Gasteiger charge is 2.44. The summed E-state index contributed by atoms with van der Waals surface area (Å²) in [6.45, 7) is 5.31. The fourth-order valence-corrected chi connectivity index (χ4v) is 2.34. The van der Waals surface area contributed by atoms with Gasteiger partial charge in [-0.3, -0.25) is 0 Å². The second-order valence-corrected chi connectivity index (χ2v) is 5.60. The van der Waals surface area contributed by atoms with Gasteiger partial charge in [0.2, 0.25) is 0 Å². The smallest absolute Gasteiger partial charge is 0.129 e. The van der Waals surface area contributed by atoms with Gasteiger partial charge in [0.1, 0.15) is 11.6 Å².